The monoisotopic (exact) mass is 415 g/mol. The molecular formula is C18H23BrClNO3. The van der Waals surface area contributed by atoms with Gasteiger partial charge in [0.05, 0.1) is 23.4 Å². The van der Waals surface area contributed by atoms with E-state index in [0.29, 0.717) is 5.39 Å². The molecule has 0 aliphatic carbocycles. The minimum Gasteiger partial charge on any atom is -0.506 e. The lowest BCUT2D eigenvalue weighted by atomic mass is 10.0. The number of para-hydroxylation sites is 1. The van der Waals surface area contributed by atoms with E-state index >= 15 is 0 Å². The van der Waals surface area contributed by atoms with Gasteiger partial charge in [0.25, 0.3) is 0 Å². The second-order valence-electron chi connectivity index (χ2n) is 6.06. The van der Waals surface area contributed by atoms with Crippen molar-refractivity contribution in [2.75, 3.05) is 0 Å². The van der Waals surface area contributed by atoms with Crippen molar-refractivity contribution in [3.8, 4) is 5.75 Å². The molecule has 0 fully saturated rings. The molecule has 0 amide bonds. The van der Waals surface area contributed by atoms with Crippen LogP contribution >= 0.6 is 27.5 Å². The number of hydrogen-bond acceptors (Lipinski definition) is 2. The number of carbonyl (C=O) groups is 1. The van der Waals surface area contributed by atoms with E-state index in [4.69, 9.17) is 11.6 Å². The van der Waals surface area contributed by atoms with E-state index in [-0.39, 0.29) is 17.0 Å². The average molecular weight is 417 g/mol. The van der Waals surface area contributed by atoms with Crippen LogP contribution in [0.25, 0.3) is 10.9 Å². The fourth-order valence-electron chi connectivity index (χ4n) is 2.99. The highest BCUT2D eigenvalue weighted by atomic mass is 79.9. The van der Waals surface area contributed by atoms with Gasteiger partial charge in [-0.1, -0.05) is 54.2 Å². The second-order valence-corrected chi connectivity index (χ2v) is 7.74. The van der Waals surface area contributed by atoms with Gasteiger partial charge in [-0.2, -0.15) is 0 Å². The zero-order valence-corrected chi connectivity index (χ0v) is 16.0. The second kappa shape index (κ2) is 8.77. The molecule has 2 N–H and O–H groups in total. The van der Waals surface area contributed by atoms with E-state index in [0.717, 1.165) is 31.2 Å². The van der Waals surface area contributed by atoms with Crippen LogP contribution < -0.4 is 0 Å². The molecule has 1 heterocycles. The number of alkyl halides is 2. The summed E-state index contributed by atoms with van der Waals surface area (Å²) >= 11 is 10.3. The largest absolute Gasteiger partial charge is 0.506 e. The number of benzene rings is 1. The fourth-order valence-corrected chi connectivity index (χ4v) is 4.01. The Morgan fingerprint density at radius 2 is 2.04 bits per heavy atom. The van der Waals surface area contributed by atoms with Gasteiger partial charge in [-0.15, -0.1) is 11.6 Å². The molecule has 2 rings (SSSR count). The molecule has 0 spiro atoms. The molecule has 2 aromatic rings. The van der Waals surface area contributed by atoms with E-state index in [9.17, 15) is 15.0 Å². The van der Waals surface area contributed by atoms with Crippen molar-refractivity contribution in [3.05, 3.63) is 30.5 Å². The Bertz CT molecular complexity index is 688. The van der Waals surface area contributed by atoms with Crippen LogP contribution in [0.1, 0.15) is 45.1 Å². The molecule has 0 radical (unpaired) electrons. The molecule has 3 unspecified atom stereocenters. The Labute approximate surface area is 155 Å². The molecule has 132 valence electrons. The number of carboxylic acids is 1. The number of unbranched alkanes of at least 4 members (excludes halogenated alkanes) is 2. The predicted octanol–water partition coefficient (Wildman–Crippen LogP) is 5.31. The van der Waals surface area contributed by atoms with Gasteiger partial charge in [-0.25, -0.2) is 0 Å². The van der Waals surface area contributed by atoms with Crippen LogP contribution in [-0.4, -0.2) is 31.0 Å². The summed E-state index contributed by atoms with van der Waals surface area (Å²) in [5.41, 5.74) is 0.792. The first-order chi connectivity index (χ1) is 11.5. The van der Waals surface area contributed by atoms with Gasteiger partial charge in [0, 0.05) is 16.4 Å². The standard InChI is InChI=1S/C18H23BrClNO3/c1-2-3-4-8-13(19)18(20)15(10-17(23)24)21-11-16(22)12-7-5-6-9-14(12)21/h5-7,9,11,13,15,18,22H,2-4,8,10H2,1H3,(H,23,24). The van der Waals surface area contributed by atoms with Gasteiger partial charge in [0.1, 0.15) is 5.75 Å². The quantitative estimate of drug-likeness (QED) is 0.430. The summed E-state index contributed by atoms with van der Waals surface area (Å²) in [6, 6.07) is 6.95. The topological polar surface area (TPSA) is 62.5 Å². The molecule has 0 bridgehead atoms. The zero-order chi connectivity index (χ0) is 17.7. The van der Waals surface area contributed by atoms with Crippen molar-refractivity contribution in [1.82, 2.24) is 4.57 Å². The third-order valence-corrected chi connectivity index (χ3v) is 6.18. The lowest BCUT2D eigenvalue weighted by Crippen LogP contribution is -2.29. The number of fused-ring (bicyclic) bond motifs is 1. The average Bonchev–Trinajstić information content (AvgIpc) is 2.89. The fraction of sp³-hybridized carbons (Fsp3) is 0.500. The summed E-state index contributed by atoms with van der Waals surface area (Å²) in [6.07, 6.45) is 5.68. The number of aromatic hydroxyl groups is 1. The highest BCUT2D eigenvalue weighted by Crippen LogP contribution is 2.36. The lowest BCUT2D eigenvalue weighted by molar-refractivity contribution is -0.137. The zero-order valence-electron chi connectivity index (χ0n) is 13.7. The number of aliphatic carboxylic acids is 1. The Hall–Kier alpha value is -1.20. The highest BCUT2D eigenvalue weighted by molar-refractivity contribution is 9.09. The maximum Gasteiger partial charge on any atom is 0.305 e. The normalized spacial score (nSPS) is 15.3. The van der Waals surface area contributed by atoms with Crippen molar-refractivity contribution in [2.45, 2.75) is 55.3 Å². The minimum atomic E-state index is -0.906. The summed E-state index contributed by atoms with van der Waals surface area (Å²) in [5, 5.41) is 19.8. The van der Waals surface area contributed by atoms with E-state index in [1.807, 2.05) is 24.3 Å². The molecule has 1 aromatic carbocycles. The van der Waals surface area contributed by atoms with Crippen molar-refractivity contribution in [2.24, 2.45) is 0 Å². The first-order valence-corrected chi connectivity index (χ1v) is 9.59. The smallest absolute Gasteiger partial charge is 0.305 e. The highest BCUT2D eigenvalue weighted by Gasteiger charge is 2.30. The molecule has 0 saturated heterocycles. The maximum atomic E-state index is 11.4. The van der Waals surface area contributed by atoms with Crippen molar-refractivity contribution in [3.63, 3.8) is 0 Å². The first kappa shape index (κ1) is 19.1. The van der Waals surface area contributed by atoms with Gasteiger partial charge in [-0.05, 0) is 18.6 Å². The third kappa shape index (κ3) is 4.45. The number of halogens is 2. The van der Waals surface area contributed by atoms with Gasteiger partial charge >= 0.3 is 5.97 Å². The van der Waals surface area contributed by atoms with Gasteiger partial charge in [0.15, 0.2) is 0 Å². The van der Waals surface area contributed by atoms with E-state index in [1.165, 1.54) is 0 Å². The predicted molar refractivity (Wildman–Crippen MR) is 101 cm³/mol. The van der Waals surface area contributed by atoms with Crippen molar-refractivity contribution in [1.29, 1.82) is 0 Å². The van der Waals surface area contributed by atoms with Crippen LogP contribution in [0.2, 0.25) is 0 Å². The number of rotatable bonds is 9. The van der Waals surface area contributed by atoms with E-state index in [1.54, 1.807) is 10.8 Å². The molecule has 0 saturated carbocycles. The number of carboxylic acid groups (broad SMARTS) is 1. The van der Waals surface area contributed by atoms with Crippen LogP contribution in [0.4, 0.5) is 0 Å². The summed E-state index contributed by atoms with van der Waals surface area (Å²) in [6.45, 7) is 2.14. The minimum absolute atomic E-state index is 0.0124. The number of aromatic nitrogens is 1. The van der Waals surface area contributed by atoms with E-state index < -0.39 is 17.4 Å². The summed E-state index contributed by atoms with van der Waals surface area (Å²) in [5.74, 6) is -0.766. The van der Waals surface area contributed by atoms with Crippen LogP contribution in [0.3, 0.4) is 0 Å². The Balaban J connectivity index is 2.31. The van der Waals surface area contributed by atoms with Crippen LogP contribution in [0.15, 0.2) is 30.5 Å². The van der Waals surface area contributed by atoms with Crippen LogP contribution in [-0.2, 0) is 4.79 Å². The van der Waals surface area contributed by atoms with Crippen molar-refractivity contribution >= 4 is 44.4 Å². The number of nitrogens with zero attached hydrogens (tertiary/aromatic N) is 1. The summed E-state index contributed by atoms with van der Waals surface area (Å²) in [4.78, 5) is 11.4. The molecule has 1 aromatic heterocycles. The first-order valence-electron chi connectivity index (χ1n) is 8.24. The maximum absolute atomic E-state index is 11.4. The summed E-state index contributed by atoms with van der Waals surface area (Å²) in [7, 11) is 0. The molecule has 0 aliphatic rings. The van der Waals surface area contributed by atoms with Crippen LogP contribution in [0.5, 0.6) is 5.75 Å². The molecule has 6 heteroatoms. The molecular weight excluding hydrogens is 394 g/mol. The van der Waals surface area contributed by atoms with Gasteiger partial charge in [0.2, 0.25) is 0 Å². The molecule has 3 atom stereocenters. The summed E-state index contributed by atoms with van der Waals surface area (Å²) < 4.78 is 1.80. The van der Waals surface area contributed by atoms with Gasteiger partial charge < -0.3 is 14.8 Å². The Kier molecular flexibility index (Phi) is 6.99. The molecule has 24 heavy (non-hydrogen) atoms. The van der Waals surface area contributed by atoms with Crippen LogP contribution in [0, 0.1) is 0 Å². The lowest BCUT2D eigenvalue weighted by Gasteiger charge is -2.27. The Morgan fingerprint density at radius 3 is 2.71 bits per heavy atom. The van der Waals surface area contributed by atoms with Gasteiger partial charge in [-0.3, -0.25) is 4.79 Å². The molecule has 0 aliphatic heterocycles. The van der Waals surface area contributed by atoms with Crippen molar-refractivity contribution < 1.29 is 15.0 Å². The molecule has 4 nitrogen and oxygen atoms in total. The Morgan fingerprint density at radius 1 is 1.33 bits per heavy atom. The number of hydrogen-bond donors (Lipinski definition) is 2. The van der Waals surface area contributed by atoms with E-state index in [2.05, 4.69) is 22.9 Å². The SMILES string of the molecule is CCCCCC(Br)C(Cl)C(CC(=O)O)n1cc(O)c2ccccc21. The third-order valence-electron chi connectivity index (χ3n) is 4.26.